The van der Waals surface area contributed by atoms with Gasteiger partial charge in [0.25, 0.3) is 5.91 Å². The van der Waals surface area contributed by atoms with E-state index in [1.807, 2.05) is 44.2 Å². The fourth-order valence-electron chi connectivity index (χ4n) is 2.03. The van der Waals surface area contributed by atoms with Crippen LogP contribution in [0.5, 0.6) is 0 Å². The minimum Gasteiger partial charge on any atom is -0.399 e. The van der Waals surface area contributed by atoms with Crippen molar-refractivity contribution in [2.45, 2.75) is 13.8 Å². The number of nitrogen functional groups attached to an aromatic ring is 1. The smallest absolute Gasteiger partial charge is 0.272 e. The first-order chi connectivity index (χ1) is 10.1. The van der Waals surface area contributed by atoms with Crippen LogP contribution in [-0.2, 0) is 0 Å². The molecule has 0 saturated heterocycles. The molecule has 3 N–H and O–H groups in total. The monoisotopic (exact) mass is 284 g/mol. The van der Waals surface area contributed by atoms with Crippen molar-refractivity contribution in [2.24, 2.45) is 0 Å². The normalized spacial score (nSPS) is 10.2. The van der Waals surface area contributed by atoms with Gasteiger partial charge in [0.2, 0.25) is 0 Å². The Balaban J connectivity index is 2.17. The van der Waals surface area contributed by atoms with E-state index in [2.05, 4.69) is 10.3 Å². The minimum absolute atomic E-state index is 0.0547. The molecule has 0 saturated carbocycles. The number of hydrogen-bond acceptors (Lipinski definition) is 4. The molecule has 2 rings (SSSR count). The van der Waals surface area contributed by atoms with Crippen molar-refractivity contribution in [2.75, 3.05) is 24.1 Å². The van der Waals surface area contributed by atoms with E-state index in [0.29, 0.717) is 24.5 Å². The topological polar surface area (TPSA) is 71.2 Å². The van der Waals surface area contributed by atoms with Crippen LogP contribution in [0.25, 0.3) is 0 Å². The quantitative estimate of drug-likeness (QED) is 0.828. The molecule has 5 nitrogen and oxygen atoms in total. The maximum atomic E-state index is 12.3. The van der Waals surface area contributed by atoms with Gasteiger partial charge in [0.05, 0.1) is 0 Å². The molecule has 0 aliphatic rings. The highest BCUT2D eigenvalue weighted by atomic mass is 16.2. The Labute approximate surface area is 124 Å². The summed E-state index contributed by atoms with van der Waals surface area (Å²) in [5.41, 5.74) is 8.56. The molecule has 0 radical (unpaired) electrons. The van der Waals surface area contributed by atoms with Crippen LogP contribution >= 0.6 is 0 Å². The van der Waals surface area contributed by atoms with Crippen LogP contribution in [0, 0.1) is 0 Å². The van der Waals surface area contributed by atoms with E-state index in [4.69, 9.17) is 5.73 Å². The fraction of sp³-hybridized carbons (Fsp3) is 0.250. The summed E-state index contributed by atoms with van der Waals surface area (Å²) in [6, 6.07) is 11.0. The molecule has 21 heavy (non-hydrogen) atoms. The lowest BCUT2D eigenvalue weighted by molar-refractivity contribution is 0.0767. The Morgan fingerprint density at radius 2 is 1.81 bits per heavy atom. The van der Waals surface area contributed by atoms with E-state index >= 15 is 0 Å². The van der Waals surface area contributed by atoms with E-state index in [1.54, 1.807) is 17.2 Å². The summed E-state index contributed by atoms with van der Waals surface area (Å²) < 4.78 is 0. The number of carbonyl (C=O) groups is 1. The largest absolute Gasteiger partial charge is 0.399 e. The van der Waals surface area contributed by atoms with Gasteiger partial charge in [0.15, 0.2) is 0 Å². The summed E-state index contributed by atoms with van der Waals surface area (Å²) in [5.74, 6) is -0.0547. The molecule has 0 spiro atoms. The van der Waals surface area contributed by atoms with Gasteiger partial charge in [-0.2, -0.15) is 0 Å². The van der Waals surface area contributed by atoms with Crippen LogP contribution < -0.4 is 11.1 Å². The molecule has 0 aliphatic carbocycles. The maximum absolute atomic E-state index is 12.3. The average Bonchev–Trinajstić information content (AvgIpc) is 2.51. The van der Waals surface area contributed by atoms with Gasteiger partial charge in [-0.15, -0.1) is 0 Å². The summed E-state index contributed by atoms with van der Waals surface area (Å²) >= 11 is 0. The van der Waals surface area contributed by atoms with Crippen molar-refractivity contribution in [1.29, 1.82) is 0 Å². The summed E-state index contributed by atoms with van der Waals surface area (Å²) in [4.78, 5) is 18.2. The Morgan fingerprint density at radius 3 is 2.43 bits per heavy atom. The number of amides is 1. The number of carbonyl (C=O) groups excluding carboxylic acids is 1. The van der Waals surface area contributed by atoms with Crippen molar-refractivity contribution < 1.29 is 4.79 Å². The lowest BCUT2D eigenvalue weighted by Gasteiger charge is -2.18. The van der Waals surface area contributed by atoms with Crippen molar-refractivity contribution in [1.82, 2.24) is 9.88 Å². The Hall–Kier alpha value is -2.56. The van der Waals surface area contributed by atoms with Gasteiger partial charge in [-0.25, -0.2) is 0 Å². The van der Waals surface area contributed by atoms with Crippen LogP contribution in [0.15, 0.2) is 42.6 Å². The van der Waals surface area contributed by atoms with E-state index in [1.165, 1.54) is 0 Å². The number of hydrogen-bond donors (Lipinski definition) is 2. The SMILES string of the molecule is CCN(CC)C(=O)c1cc(Nc2ccc(N)cc2)ccn1. The first-order valence-electron chi connectivity index (χ1n) is 7.02. The van der Waals surface area contributed by atoms with E-state index in [9.17, 15) is 4.79 Å². The third kappa shape index (κ3) is 3.72. The zero-order valence-corrected chi connectivity index (χ0v) is 12.3. The molecule has 1 aromatic carbocycles. The first-order valence-corrected chi connectivity index (χ1v) is 7.02. The second kappa shape index (κ2) is 6.74. The molecule has 2 aromatic rings. The summed E-state index contributed by atoms with van der Waals surface area (Å²) in [5, 5.41) is 3.24. The highest BCUT2D eigenvalue weighted by Crippen LogP contribution is 2.18. The second-order valence-corrected chi connectivity index (χ2v) is 4.65. The molecule has 0 bridgehead atoms. The van der Waals surface area contributed by atoms with E-state index in [-0.39, 0.29) is 5.91 Å². The van der Waals surface area contributed by atoms with E-state index < -0.39 is 0 Å². The Morgan fingerprint density at radius 1 is 1.14 bits per heavy atom. The number of rotatable bonds is 5. The number of pyridine rings is 1. The third-order valence-corrected chi connectivity index (χ3v) is 3.23. The van der Waals surface area contributed by atoms with Crippen LogP contribution in [-0.4, -0.2) is 28.9 Å². The third-order valence-electron chi connectivity index (χ3n) is 3.23. The van der Waals surface area contributed by atoms with Crippen molar-refractivity contribution in [3.05, 3.63) is 48.3 Å². The van der Waals surface area contributed by atoms with Gasteiger partial charge in [-0.1, -0.05) is 0 Å². The molecule has 110 valence electrons. The lowest BCUT2D eigenvalue weighted by atomic mass is 10.2. The maximum Gasteiger partial charge on any atom is 0.272 e. The zero-order chi connectivity index (χ0) is 15.2. The average molecular weight is 284 g/mol. The number of nitrogens with two attached hydrogens (primary N) is 1. The molecular formula is C16H20N4O. The molecule has 0 aliphatic heterocycles. The number of nitrogens with zero attached hydrogens (tertiary/aromatic N) is 2. The molecule has 5 heteroatoms. The number of nitrogens with one attached hydrogen (secondary N) is 1. The van der Waals surface area contributed by atoms with Crippen molar-refractivity contribution >= 4 is 23.0 Å². The Bertz CT molecular complexity index is 606. The second-order valence-electron chi connectivity index (χ2n) is 4.65. The molecular weight excluding hydrogens is 264 g/mol. The lowest BCUT2D eigenvalue weighted by Crippen LogP contribution is -2.31. The first kappa shape index (κ1) is 14.8. The number of benzene rings is 1. The summed E-state index contributed by atoms with van der Waals surface area (Å²) in [7, 11) is 0. The number of anilines is 3. The Kier molecular flexibility index (Phi) is 4.77. The van der Waals surface area contributed by atoms with Crippen LogP contribution in [0.2, 0.25) is 0 Å². The standard InChI is InChI=1S/C16H20N4O/c1-3-20(4-2)16(21)15-11-14(9-10-18-15)19-13-7-5-12(17)6-8-13/h5-11H,3-4,17H2,1-2H3,(H,18,19). The van der Waals surface area contributed by atoms with Gasteiger partial charge in [0, 0.05) is 36.3 Å². The fourth-order valence-corrected chi connectivity index (χ4v) is 2.03. The molecule has 0 unspecified atom stereocenters. The van der Waals surface area contributed by atoms with Crippen LogP contribution in [0.1, 0.15) is 24.3 Å². The van der Waals surface area contributed by atoms with Crippen LogP contribution in [0.3, 0.4) is 0 Å². The highest BCUT2D eigenvalue weighted by Gasteiger charge is 2.14. The van der Waals surface area contributed by atoms with Gasteiger partial charge < -0.3 is 16.0 Å². The molecule has 0 fully saturated rings. The predicted molar refractivity (Wildman–Crippen MR) is 85.6 cm³/mol. The molecule has 1 amide bonds. The minimum atomic E-state index is -0.0547. The van der Waals surface area contributed by atoms with Gasteiger partial charge in [-0.05, 0) is 50.2 Å². The van der Waals surface area contributed by atoms with Crippen molar-refractivity contribution in [3.8, 4) is 0 Å². The molecule has 0 atom stereocenters. The van der Waals surface area contributed by atoms with Crippen molar-refractivity contribution in [3.63, 3.8) is 0 Å². The predicted octanol–water partition coefficient (Wildman–Crippen LogP) is 2.89. The van der Waals surface area contributed by atoms with Gasteiger partial charge >= 0.3 is 0 Å². The van der Waals surface area contributed by atoms with Gasteiger partial charge in [0.1, 0.15) is 5.69 Å². The zero-order valence-electron chi connectivity index (χ0n) is 12.3. The summed E-state index contributed by atoms with van der Waals surface area (Å²) in [6.45, 7) is 5.26. The van der Waals surface area contributed by atoms with Crippen LogP contribution in [0.4, 0.5) is 17.1 Å². The highest BCUT2D eigenvalue weighted by molar-refractivity contribution is 5.93. The molecule has 1 aromatic heterocycles. The van der Waals surface area contributed by atoms with Gasteiger partial charge in [-0.3, -0.25) is 9.78 Å². The number of aromatic nitrogens is 1. The summed E-state index contributed by atoms with van der Waals surface area (Å²) in [6.07, 6.45) is 1.64. The molecule has 1 heterocycles. The van der Waals surface area contributed by atoms with E-state index in [0.717, 1.165) is 11.4 Å².